The number of H-pyrrole nitrogens is 1. The lowest BCUT2D eigenvalue weighted by atomic mass is 9.88. The van der Waals surface area contributed by atoms with Crippen molar-refractivity contribution in [1.82, 2.24) is 20.1 Å². The number of hydrogen-bond acceptors (Lipinski definition) is 6. The number of hydrogen-bond donors (Lipinski definition) is 1. The minimum Gasteiger partial charge on any atom is -0.378 e. The quantitative estimate of drug-likeness (QED) is 0.625. The fourth-order valence-corrected chi connectivity index (χ4v) is 5.18. The van der Waals surface area contributed by atoms with Crippen molar-refractivity contribution in [3.63, 3.8) is 0 Å². The molecule has 0 atom stereocenters. The summed E-state index contributed by atoms with van der Waals surface area (Å²) in [5, 5.41) is 16.5. The lowest BCUT2D eigenvalue weighted by Gasteiger charge is -2.32. The molecular weight excluding hydrogens is 464 g/mol. The number of nitrogens with one attached hydrogen (secondary N) is 1. The maximum Gasteiger partial charge on any atom is 0.261 e. The van der Waals surface area contributed by atoms with Gasteiger partial charge in [-0.3, -0.25) is 9.89 Å². The second-order valence-electron chi connectivity index (χ2n) is 9.67. The lowest BCUT2D eigenvalue weighted by Crippen LogP contribution is -2.38. The second-order valence-corrected chi connectivity index (χ2v) is 9.67. The number of likely N-dealkylation sites (tertiary alicyclic amines) is 1. The minimum atomic E-state index is 0.0308. The highest BCUT2D eigenvalue weighted by Gasteiger charge is 2.27. The summed E-state index contributed by atoms with van der Waals surface area (Å²) < 4.78 is 5.43. The number of allylic oxidation sites excluding steroid dienone is 3. The number of aromatic nitrogens is 3. The molecule has 0 spiro atoms. The smallest absolute Gasteiger partial charge is 0.261 e. The summed E-state index contributed by atoms with van der Waals surface area (Å²) in [6.07, 6.45) is 6.51. The number of carbonyl (C=O) groups excluding carboxylic acids is 1. The number of nitrogens with zero attached hydrogens (tertiary/aromatic N) is 5. The second kappa shape index (κ2) is 11.0. The fourth-order valence-electron chi connectivity index (χ4n) is 5.18. The van der Waals surface area contributed by atoms with Gasteiger partial charge in [0.1, 0.15) is 0 Å². The summed E-state index contributed by atoms with van der Waals surface area (Å²) >= 11 is 0. The van der Waals surface area contributed by atoms with Crippen molar-refractivity contribution in [2.45, 2.75) is 39.0 Å². The molecule has 8 heteroatoms. The Morgan fingerprint density at radius 3 is 2.59 bits per heavy atom. The molecule has 2 fully saturated rings. The Morgan fingerprint density at radius 1 is 1.19 bits per heavy atom. The molecule has 2 aliphatic heterocycles. The fraction of sp³-hybridized carbons (Fsp3) is 0.414. The van der Waals surface area contributed by atoms with Crippen LogP contribution in [0.25, 0.3) is 5.57 Å². The third-order valence-corrected chi connectivity index (χ3v) is 7.41. The zero-order valence-electron chi connectivity index (χ0n) is 21.5. The van der Waals surface area contributed by atoms with E-state index in [2.05, 4.69) is 39.9 Å². The van der Waals surface area contributed by atoms with E-state index in [4.69, 9.17) is 15.0 Å². The highest BCUT2D eigenvalue weighted by molar-refractivity contribution is 5.99. The zero-order chi connectivity index (χ0) is 25.8. The molecule has 0 unspecified atom stereocenters. The third kappa shape index (κ3) is 5.29. The Bertz CT molecular complexity index is 1320. The van der Waals surface area contributed by atoms with E-state index in [1.807, 2.05) is 42.2 Å². The number of ether oxygens (including phenoxy) is 1. The van der Waals surface area contributed by atoms with Crippen molar-refractivity contribution in [1.29, 1.82) is 5.26 Å². The summed E-state index contributed by atoms with van der Waals surface area (Å²) in [6.45, 7) is 8.40. The molecule has 37 heavy (non-hydrogen) atoms. The molecule has 0 radical (unpaired) electrons. The Morgan fingerprint density at radius 2 is 1.92 bits per heavy atom. The van der Waals surface area contributed by atoms with Gasteiger partial charge in [-0.1, -0.05) is 25.1 Å². The summed E-state index contributed by atoms with van der Waals surface area (Å²) in [4.78, 5) is 22.4. The largest absolute Gasteiger partial charge is 0.378 e. The van der Waals surface area contributed by atoms with E-state index < -0.39 is 0 Å². The van der Waals surface area contributed by atoms with E-state index in [1.54, 1.807) is 0 Å². The van der Waals surface area contributed by atoms with Gasteiger partial charge in [-0.15, -0.1) is 10.8 Å². The highest BCUT2D eigenvalue weighted by Crippen LogP contribution is 2.31. The van der Waals surface area contributed by atoms with Gasteiger partial charge in [0, 0.05) is 31.8 Å². The predicted molar refractivity (Wildman–Crippen MR) is 142 cm³/mol. The molecule has 190 valence electrons. The van der Waals surface area contributed by atoms with Crippen LogP contribution in [0.15, 0.2) is 58.9 Å². The molecule has 2 aromatic rings. The van der Waals surface area contributed by atoms with Crippen LogP contribution in [0.4, 0.5) is 5.95 Å². The average Bonchev–Trinajstić information content (AvgIpc) is 3.38. The van der Waals surface area contributed by atoms with Crippen LogP contribution in [-0.2, 0) is 9.53 Å². The normalized spacial score (nSPS) is 18.8. The summed E-state index contributed by atoms with van der Waals surface area (Å²) in [6, 6.07) is 10.00. The average molecular weight is 497 g/mol. The molecule has 3 heterocycles. The monoisotopic (exact) mass is 496 g/mol. The molecular formula is C29H32N6O2. The lowest BCUT2D eigenvalue weighted by molar-refractivity contribution is -0.127. The van der Waals surface area contributed by atoms with E-state index in [0.717, 1.165) is 49.1 Å². The number of amides is 1. The van der Waals surface area contributed by atoms with Crippen LogP contribution in [0.5, 0.6) is 0 Å². The maximum absolute atomic E-state index is 13.6. The number of carbonyl (C=O) groups is 1. The molecule has 1 aliphatic carbocycles. The van der Waals surface area contributed by atoms with E-state index in [1.165, 1.54) is 5.56 Å². The topological polar surface area (TPSA) is 98.1 Å². The first kappa shape index (κ1) is 24.8. The molecule has 1 aromatic heterocycles. The Balaban J connectivity index is 1.32. The summed E-state index contributed by atoms with van der Waals surface area (Å²) in [7, 11) is 0. The van der Waals surface area contributed by atoms with Gasteiger partial charge in [-0.2, -0.15) is 10.2 Å². The van der Waals surface area contributed by atoms with E-state index in [0.29, 0.717) is 55.1 Å². The van der Waals surface area contributed by atoms with Crippen molar-refractivity contribution in [3.05, 3.63) is 75.8 Å². The predicted octanol–water partition coefficient (Wildman–Crippen LogP) is 4.12. The Kier molecular flexibility index (Phi) is 7.36. The van der Waals surface area contributed by atoms with Gasteiger partial charge in [0.2, 0.25) is 5.95 Å². The van der Waals surface area contributed by atoms with Crippen LogP contribution in [0.2, 0.25) is 0 Å². The van der Waals surface area contributed by atoms with Crippen LogP contribution >= 0.6 is 0 Å². The summed E-state index contributed by atoms with van der Waals surface area (Å²) in [5.41, 5.74) is 8.76. The van der Waals surface area contributed by atoms with Gasteiger partial charge in [-0.25, -0.2) is 0 Å². The molecule has 0 bridgehead atoms. The van der Waals surface area contributed by atoms with Crippen molar-refractivity contribution in [2.75, 3.05) is 44.3 Å². The molecule has 1 aromatic carbocycles. The van der Waals surface area contributed by atoms with E-state index >= 15 is 0 Å². The van der Waals surface area contributed by atoms with Gasteiger partial charge in [0.05, 0.1) is 30.4 Å². The molecule has 3 aliphatic rings. The standard InChI is InChI=1S/C29H32N6O2/c1-3-22-18-20(2)25(27-31-29(33-32-27)35-14-16-37-17-15-35)8-9-26(22)28(36)34-12-10-24(11-13-34)23-6-4-21(19-30)5-7-23/h4-8,18,24H,3,10-17H2,1-2H3,(H,31,32,33). The van der Waals surface area contributed by atoms with Gasteiger partial charge in [-0.05, 0) is 67.0 Å². The van der Waals surface area contributed by atoms with Crippen LogP contribution in [-0.4, -0.2) is 65.4 Å². The van der Waals surface area contributed by atoms with Crippen LogP contribution < -0.4 is 4.90 Å². The van der Waals surface area contributed by atoms with Gasteiger partial charge >= 0.3 is 0 Å². The van der Waals surface area contributed by atoms with Crippen molar-refractivity contribution >= 4 is 17.4 Å². The van der Waals surface area contributed by atoms with Crippen LogP contribution in [0.1, 0.15) is 56.0 Å². The number of morpholine rings is 1. The first-order valence-corrected chi connectivity index (χ1v) is 13.0. The zero-order valence-corrected chi connectivity index (χ0v) is 21.5. The van der Waals surface area contributed by atoms with Crippen molar-refractivity contribution in [3.8, 4) is 6.07 Å². The number of rotatable bonds is 5. The van der Waals surface area contributed by atoms with E-state index in [9.17, 15) is 4.79 Å². The Labute approximate surface area is 217 Å². The van der Waals surface area contributed by atoms with Gasteiger partial charge in [0.25, 0.3) is 5.91 Å². The van der Waals surface area contributed by atoms with Gasteiger partial charge < -0.3 is 14.5 Å². The van der Waals surface area contributed by atoms with Crippen molar-refractivity contribution < 1.29 is 9.53 Å². The van der Waals surface area contributed by atoms with Crippen molar-refractivity contribution in [2.24, 2.45) is 0 Å². The number of aromatic amines is 1. The highest BCUT2D eigenvalue weighted by atomic mass is 16.5. The van der Waals surface area contributed by atoms with Crippen LogP contribution in [0.3, 0.4) is 0 Å². The maximum atomic E-state index is 13.6. The number of nitriles is 1. The first-order chi connectivity index (χ1) is 18.1. The minimum absolute atomic E-state index is 0.0308. The molecule has 2 saturated heterocycles. The third-order valence-electron chi connectivity index (χ3n) is 7.41. The number of anilines is 1. The van der Waals surface area contributed by atoms with E-state index in [-0.39, 0.29) is 5.91 Å². The van der Waals surface area contributed by atoms with Crippen LogP contribution in [0, 0.1) is 11.3 Å². The number of piperidine rings is 1. The molecule has 5 rings (SSSR count). The Hall–Kier alpha value is -3.92. The first-order valence-electron chi connectivity index (χ1n) is 13.0. The molecule has 8 nitrogen and oxygen atoms in total. The van der Waals surface area contributed by atoms with Gasteiger partial charge in [0.15, 0.2) is 5.82 Å². The molecule has 0 saturated carbocycles. The molecule has 1 amide bonds. The SMILES string of the molecule is CCC1=CC(C)=C(c2nc(N3CCOCC3)n[nH]2)C=C=C1C(=O)N1CCC(c2ccc(C#N)cc2)CC1. The summed E-state index contributed by atoms with van der Waals surface area (Å²) in [5.74, 6) is 1.78. The molecule has 1 N–H and O–H groups in total. The number of benzene rings is 1.